The average molecular weight is 271 g/mol. The number of benzene rings is 1. The summed E-state index contributed by atoms with van der Waals surface area (Å²) >= 11 is 0. The van der Waals surface area contributed by atoms with Crippen molar-refractivity contribution in [2.75, 3.05) is 0 Å². The van der Waals surface area contributed by atoms with Gasteiger partial charge in [0.15, 0.2) is 0 Å². The fourth-order valence-corrected chi connectivity index (χ4v) is 4.03. The van der Waals surface area contributed by atoms with Crippen LogP contribution in [0, 0.1) is 5.92 Å². The molecule has 0 amide bonds. The maximum atomic E-state index is 6.59. The van der Waals surface area contributed by atoms with E-state index in [1.807, 2.05) is 0 Å². The summed E-state index contributed by atoms with van der Waals surface area (Å²) in [5.41, 5.74) is 9.60. The Hall–Kier alpha value is -0.820. The van der Waals surface area contributed by atoms with Crippen molar-refractivity contribution in [2.24, 2.45) is 11.7 Å². The van der Waals surface area contributed by atoms with E-state index in [2.05, 4.69) is 24.3 Å². The molecule has 2 aliphatic carbocycles. The van der Waals surface area contributed by atoms with Crippen molar-refractivity contribution in [2.45, 2.75) is 76.2 Å². The first-order valence-corrected chi connectivity index (χ1v) is 8.69. The predicted octanol–water partition coefficient (Wildman–Crippen LogP) is 5.31. The molecule has 1 nitrogen and oxygen atoms in total. The van der Waals surface area contributed by atoms with Crippen LogP contribution in [0.2, 0.25) is 0 Å². The first-order chi connectivity index (χ1) is 9.84. The Morgan fingerprint density at radius 3 is 2.25 bits per heavy atom. The smallest absolute Gasteiger partial charge is 0.0300 e. The number of hydrogen-bond acceptors (Lipinski definition) is 1. The Labute approximate surface area is 124 Å². The molecular formula is C19H29N. The van der Waals surface area contributed by atoms with E-state index in [1.165, 1.54) is 69.8 Å². The molecule has 2 N–H and O–H groups in total. The Morgan fingerprint density at radius 1 is 0.900 bits per heavy atom. The maximum Gasteiger partial charge on any atom is 0.0300 e. The summed E-state index contributed by atoms with van der Waals surface area (Å²) in [5, 5.41) is 0. The summed E-state index contributed by atoms with van der Waals surface area (Å²) in [4.78, 5) is 0. The van der Waals surface area contributed by atoms with Crippen LogP contribution < -0.4 is 5.73 Å². The van der Waals surface area contributed by atoms with Crippen LogP contribution in [0.3, 0.4) is 0 Å². The molecule has 2 fully saturated rings. The zero-order valence-corrected chi connectivity index (χ0v) is 12.7. The largest absolute Gasteiger partial charge is 0.324 e. The molecule has 0 heterocycles. The minimum absolute atomic E-state index is 0.259. The summed E-state index contributed by atoms with van der Waals surface area (Å²) in [5.74, 6) is 1.66. The van der Waals surface area contributed by atoms with Crippen LogP contribution in [0.5, 0.6) is 0 Å². The Kier molecular flexibility index (Phi) is 4.77. The molecule has 1 unspecified atom stereocenters. The van der Waals surface area contributed by atoms with Gasteiger partial charge in [-0.25, -0.2) is 0 Å². The Balaban J connectivity index is 1.68. The molecule has 1 heteroatoms. The second-order valence-electron chi connectivity index (χ2n) is 6.96. The van der Waals surface area contributed by atoms with E-state index in [1.54, 1.807) is 5.56 Å². The quantitative estimate of drug-likeness (QED) is 0.737. The minimum Gasteiger partial charge on any atom is -0.324 e. The Morgan fingerprint density at radius 2 is 1.60 bits per heavy atom. The molecule has 1 aromatic carbocycles. The van der Waals surface area contributed by atoms with Crippen molar-refractivity contribution in [3.63, 3.8) is 0 Å². The third kappa shape index (κ3) is 3.25. The highest BCUT2D eigenvalue weighted by atomic mass is 14.6. The van der Waals surface area contributed by atoms with E-state index in [-0.39, 0.29) is 6.04 Å². The average Bonchev–Trinajstić information content (AvgIpc) is 2.66. The molecular weight excluding hydrogens is 242 g/mol. The molecule has 0 bridgehead atoms. The van der Waals surface area contributed by atoms with Crippen molar-refractivity contribution in [1.82, 2.24) is 0 Å². The van der Waals surface area contributed by atoms with Gasteiger partial charge in [-0.1, -0.05) is 69.2 Å². The maximum absolute atomic E-state index is 6.59. The van der Waals surface area contributed by atoms with Gasteiger partial charge < -0.3 is 5.73 Å². The number of hydrogen-bond donors (Lipinski definition) is 1. The van der Waals surface area contributed by atoms with Crippen molar-refractivity contribution in [1.29, 1.82) is 0 Å². The zero-order valence-electron chi connectivity index (χ0n) is 12.7. The third-order valence-corrected chi connectivity index (χ3v) is 5.50. The molecule has 1 aromatic rings. The highest BCUT2D eigenvalue weighted by Gasteiger charge is 2.25. The number of nitrogens with two attached hydrogens (primary N) is 1. The lowest BCUT2D eigenvalue weighted by atomic mass is 9.76. The topological polar surface area (TPSA) is 26.0 Å². The lowest BCUT2D eigenvalue weighted by Gasteiger charge is -2.30. The molecule has 20 heavy (non-hydrogen) atoms. The molecule has 110 valence electrons. The fourth-order valence-electron chi connectivity index (χ4n) is 4.03. The second kappa shape index (κ2) is 6.76. The van der Waals surface area contributed by atoms with E-state index in [9.17, 15) is 0 Å². The van der Waals surface area contributed by atoms with Gasteiger partial charge in [0.2, 0.25) is 0 Å². The summed E-state index contributed by atoms with van der Waals surface area (Å²) in [6.07, 6.45) is 13.8. The van der Waals surface area contributed by atoms with Gasteiger partial charge in [0.1, 0.15) is 0 Å². The summed E-state index contributed by atoms with van der Waals surface area (Å²) in [6.45, 7) is 0. The van der Waals surface area contributed by atoms with Crippen LogP contribution in [0.1, 0.15) is 87.3 Å². The van der Waals surface area contributed by atoms with Crippen LogP contribution in [0.15, 0.2) is 24.3 Å². The van der Waals surface area contributed by atoms with Gasteiger partial charge in [-0.15, -0.1) is 0 Å². The molecule has 0 spiro atoms. The summed E-state index contributed by atoms with van der Waals surface area (Å²) in [6, 6.07) is 9.23. The first kappa shape index (κ1) is 14.1. The molecule has 3 rings (SSSR count). The van der Waals surface area contributed by atoms with E-state index in [0.29, 0.717) is 0 Å². The van der Waals surface area contributed by atoms with E-state index < -0.39 is 0 Å². The molecule has 0 aromatic heterocycles. The van der Waals surface area contributed by atoms with Gasteiger partial charge >= 0.3 is 0 Å². The van der Waals surface area contributed by atoms with Crippen LogP contribution in [-0.4, -0.2) is 0 Å². The van der Waals surface area contributed by atoms with Gasteiger partial charge in [-0.2, -0.15) is 0 Å². The second-order valence-corrected chi connectivity index (χ2v) is 6.96. The molecule has 0 radical (unpaired) electrons. The molecule has 2 aliphatic rings. The minimum atomic E-state index is 0.259. The SMILES string of the molecule is NC(CC1CCCCCC1)c1ccccc1C1CCC1. The predicted molar refractivity (Wildman–Crippen MR) is 85.8 cm³/mol. The lowest BCUT2D eigenvalue weighted by Crippen LogP contribution is -2.20. The van der Waals surface area contributed by atoms with Gasteiger partial charge in [-0.3, -0.25) is 0 Å². The molecule has 0 aliphatic heterocycles. The third-order valence-electron chi connectivity index (χ3n) is 5.50. The summed E-state index contributed by atoms with van der Waals surface area (Å²) < 4.78 is 0. The van der Waals surface area contributed by atoms with Crippen LogP contribution in [0.25, 0.3) is 0 Å². The highest BCUT2D eigenvalue weighted by molar-refractivity contribution is 5.34. The normalized spacial score (nSPS) is 23.1. The molecule has 2 saturated carbocycles. The van der Waals surface area contributed by atoms with Gasteiger partial charge in [-0.05, 0) is 42.2 Å². The van der Waals surface area contributed by atoms with Crippen molar-refractivity contribution in [3.05, 3.63) is 35.4 Å². The first-order valence-electron chi connectivity index (χ1n) is 8.69. The van der Waals surface area contributed by atoms with Crippen molar-refractivity contribution in [3.8, 4) is 0 Å². The van der Waals surface area contributed by atoms with Gasteiger partial charge in [0, 0.05) is 6.04 Å². The standard InChI is InChI=1S/C19H29N/c20-19(14-15-8-3-1-2-4-9-15)18-13-6-5-12-17(18)16-10-7-11-16/h5-6,12-13,15-16,19H,1-4,7-11,14,20H2. The monoisotopic (exact) mass is 271 g/mol. The van der Waals surface area contributed by atoms with E-state index in [4.69, 9.17) is 5.73 Å². The fraction of sp³-hybridized carbons (Fsp3) is 0.684. The van der Waals surface area contributed by atoms with Gasteiger partial charge in [0.05, 0.1) is 0 Å². The van der Waals surface area contributed by atoms with E-state index in [0.717, 1.165) is 11.8 Å². The molecule has 1 atom stereocenters. The van der Waals surface area contributed by atoms with Gasteiger partial charge in [0.25, 0.3) is 0 Å². The van der Waals surface area contributed by atoms with Crippen LogP contribution in [-0.2, 0) is 0 Å². The summed E-state index contributed by atoms with van der Waals surface area (Å²) in [7, 11) is 0. The number of rotatable bonds is 4. The van der Waals surface area contributed by atoms with Crippen LogP contribution in [0.4, 0.5) is 0 Å². The lowest BCUT2D eigenvalue weighted by molar-refractivity contribution is 0.382. The zero-order chi connectivity index (χ0) is 13.8. The van der Waals surface area contributed by atoms with Crippen LogP contribution >= 0.6 is 0 Å². The van der Waals surface area contributed by atoms with Crippen molar-refractivity contribution >= 4 is 0 Å². The van der Waals surface area contributed by atoms with Crippen molar-refractivity contribution < 1.29 is 0 Å². The van der Waals surface area contributed by atoms with E-state index >= 15 is 0 Å². The Bertz CT molecular complexity index is 414. The molecule has 0 saturated heterocycles. The highest BCUT2D eigenvalue weighted by Crippen LogP contribution is 2.40.